The van der Waals surface area contributed by atoms with Crippen LogP contribution in [0.4, 0.5) is 0 Å². The van der Waals surface area contributed by atoms with Crippen molar-refractivity contribution in [1.29, 1.82) is 0 Å². The fourth-order valence-corrected chi connectivity index (χ4v) is 4.20. The Morgan fingerprint density at radius 3 is 2.72 bits per heavy atom. The van der Waals surface area contributed by atoms with Gasteiger partial charge in [0.25, 0.3) is 0 Å². The van der Waals surface area contributed by atoms with Crippen LogP contribution in [-0.2, 0) is 16.6 Å². The van der Waals surface area contributed by atoms with Gasteiger partial charge in [-0.2, -0.15) is 4.31 Å². The molecule has 98 valence electrons. The van der Waals surface area contributed by atoms with Crippen molar-refractivity contribution in [2.75, 3.05) is 12.3 Å². The lowest BCUT2D eigenvalue weighted by atomic mass is 10.1. The maximum atomic E-state index is 12.0. The summed E-state index contributed by atoms with van der Waals surface area (Å²) in [5.41, 5.74) is 1.05. The second-order valence-corrected chi connectivity index (χ2v) is 6.80. The van der Waals surface area contributed by atoms with Crippen molar-refractivity contribution in [1.82, 2.24) is 4.31 Å². The normalized spacial score (nSPS) is 23.0. The average molecular weight is 265 g/mol. The third kappa shape index (κ3) is 3.21. The van der Waals surface area contributed by atoms with E-state index in [-0.39, 0.29) is 11.7 Å². The van der Waals surface area contributed by atoms with Crippen molar-refractivity contribution >= 4 is 10.0 Å². The quantitative estimate of drug-likeness (QED) is 0.767. The standard InChI is InChI=1S/C14H19NO2S/c1-2-3-7-14-11-15(18(16,17)12-14)10-13-8-5-4-6-9-13/h2,4-6,8-9,14H,1,3,7,10-12H2/t14-/m1/s1. The molecule has 0 aromatic heterocycles. The van der Waals surface area contributed by atoms with Gasteiger partial charge in [-0.15, -0.1) is 6.58 Å². The molecule has 1 saturated heterocycles. The molecule has 0 radical (unpaired) electrons. The van der Waals surface area contributed by atoms with Crippen LogP contribution in [0.15, 0.2) is 43.0 Å². The SMILES string of the molecule is C=CCC[C@@H]1CN(Cc2ccccc2)S(=O)(=O)C1. The van der Waals surface area contributed by atoms with Gasteiger partial charge in [0.1, 0.15) is 0 Å². The van der Waals surface area contributed by atoms with Crippen LogP contribution in [-0.4, -0.2) is 25.0 Å². The first-order chi connectivity index (χ1) is 8.62. The summed E-state index contributed by atoms with van der Waals surface area (Å²) in [7, 11) is -3.07. The van der Waals surface area contributed by atoms with Gasteiger partial charge in [0.15, 0.2) is 0 Å². The number of hydrogen-bond donors (Lipinski definition) is 0. The first-order valence-electron chi connectivity index (χ1n) is 6.24. The second-order valence-electron chi connectivity index (χ2n) is 4.79. The Morgan fingerprint density at radius 2 is 2.06 bits per heavy atom. The summed E-state index contributed by atoms with van der Waals surface area (Å²) in [4.78, 5) is 0. The summed E-state index contributed by atoms with van der Waals surface area (Å²) >= 11 is 0. The van der Waals surface area contributed by atoms with Gasteiger partial charge in [-0.3, -0.25) is 0 Å². The van der Waals surface area contributed by atoms with Crippen molar-refractivity contribution in [2.45, 2.75) is 19.4 Å². The Labute approximate surface area is 109 Å². The smallest absolute Gasteiger partial charge is 0.212 e. The molecule has 0 N–H and O–H groups in total. The van der Waals surface area contributed by atoms with Crippen LogP contribution >= 0.6 is 0 Å². The third-order valence-electron chi connectivity index (χ3n) is 3.28. The molecule has 1 heterocycles. The third-order valence-corrected chi connectivity index (χ3v) is 5.24. The molecule has 3 nitrogen and oxygen atoms in total. The van der Waals surface area contributed by atoms with E-state index >= 15 is 0 Å². The number of nitrogens with zero attached hydrogens (tertiary/aromatic N) is 1. The summed E-state index contributed by atoms with van der Waals surface area (Å²) in [6.07, 6.45) is 3.65. The van der Waals surface area contributed by atoms with E-state index in [0.29, 0.717) is 13.1 Å². The van der Waals surface area contributed by atoms with Crippen LogP contribution in [0.25, 0.3) is 0 Å². The summed E-state index contributed by atoms with van der Waals surface area (Å²) in [5.74, 6) is 0.532. The summed E-state index contributed by atoms with van der Waals surface area (Å²) in [6, 6.07) is 9.74. The zero-order chi connectivity index (χ0) is 13.0. The lowest BCUT2D eigenvalue weighted by Crippen LogP contribution is -2.25. The summed E-state index contributed by atoms with van der Waals surface area (Å²) in [5, 5.41) is 0. The Kier molecular flexibility index (Phi) is 4.19. The largest absolute Gasteiger partial charge is 0.214 e. The van der Waals surface area contributed by atoms with Crippen LogP contribution in [0.1, 0.15) is 18.4 Å². The summed E-state index contributed by atoms with van der Waals surface area (Å²) in [6.45, 7) is 4.82. The number of rotatable bonds is 5. The first-order valence-corrected chi connectivity index (χ1v) is 7.85. The van der Waals surface area contributed by atoms with E-state index in [1.807, 2.05) is 36.4 Å². The molecule has 1 atom stereocenters. The topological polar surface area (TPSA) is 37.4 Å². The molecule has 4 heteroatoms. The van der Waals surface area contributed by atoms with Crippen LogP contribution in [0.3, 0.4) is 0 Å². The van der Waals surface area contributed by atoms with Crippen LogP contribution in [0, 0.1) is 5.92 Å². The molecule has 1 aliphatic heterocycles. The molecule has 0 aliphatic carbocycles. The van der Waals surface area contributed by atoms with Crippen molar-refractivity contribution < 1.29 is 8.42 Å². The van der Waals surface area contributed by atoms with Gasteiger partial charge in [0.05, 0.1) is 5.75 Å². The van der Waals surface area contributed by atoms with E-state index in [0.717, 1.165) is 18.4 Å². The fraction of sp³-hybridized carbons (Fsp3) is 0.429. The molecule has 1 aromatic rings. The number of sulfonamides is 1. The molecule has 0 unspecified atom stereocenters. The zero-order valence-corrected chi connectivity index (χ0v) is 11.3. The highest BCUT2D eigenvalue weighted by Gasteiger charge is 2.35. The predicted molar refractivity (Wildman–Crippen MR) is 73.6 cm³/mol. The predicted octanol–water partition coefficient (Wildman–Crippen LogP) is 2.41. The molecule has 18 heavy (non-hydrogen) atoms. The van der Waals surface area contributed by atoms with Crippen molar-refractivity contribution in [3.05, 3.63) is 48.6 Å². The molecular formula is C14H19NO2S. The first kappa shape index (κ1) is 13.3. The van der Waals surface area contributed by atoms with Gasteiger partial charge < -0.3 is 0 Å². The van der Waals surface area contributed by atoms with E-state index in [1.54, 1.807) is 4.31 Å². The van der Waals surface area contributed by atoms with Gasteiger partial charge in [0.2, 0.25) is 10.0 Å². The van der Waals surface area contributed by atoms with E-state index in [2.05, 4.69) is 6.58 Å². The van der Waals surface area contributed by atoms with Gasteiger partial charge in [0, 0.05) is 13.1 Å². The monoisotopic (exact) mass is 265 g/mol. The minimum absolute atomic E-state index is 0.247. The lowest BCUT2D eigenvalue weighted by Gasteiger charge is -2.14. The molecular weight excluding hydrogens is 246 g/mol. The highest BCUT2D eigenvalue weighted by Crippen LogP contribution is 2.25. The van der Waals surface area contributed by atoms with Gasteiger partial charge in [-0.25, -0.2) is 8.42 Å². The zero-order valence-electron chi connectivity index (χ0n) is 10.5. The van der Waals surface area contributed by atoms with Crippen LogP contribution in [0.2, 0.25) is 0 Å². The maximum absolute atomic E-state index is 12.0. The van der Waals surface area contributed by atoms with E-state index in [1.165, 1.54) is 0 Å². The Hall–Kier alpha value is -1.13. The molecule has 1 aliphatic rings. The van der Waals surface area contributed by atoms with Crippen molar-refractivity contribution in [3.8, 4) is 0 Å². The van der Waals surface area contributed by atoms with Crippen LogP contribution < -0.4 is 0 Å². The number of allylic oxidation sites excluding steroid dienone is 1. The molecule has 1 fully saturated rings. The number of hydrogen-bond acceptors (Lipinski definition) is 2. The van der Waals surface area contributed by atoms with Crippen molar-refractivity contribution in [3.63, 3.8) is 0 Å². The highest BCUT2D eigenvalue weighted by molar-refractivity contribution is 7.89. The fourth-order valence-electron chi connectivity index (χ4n) is 2.34. The lowest BCUT2D eigenvalue weighted by molar-refractivity contribution is 0.389. The molecule has 0 amide bonds. The van der Waals surface area contributed by atoms with E-state index in [4.69, 9.17) is 0 Å². The maximum Gasteiger partial charge on any atom is 0.214 e. The highest BCUT2D eigenvalue weighted by atomic mass is 32.2. The minimum atomic E-state index is -3.07. The second kappa shape index (κ2) is 5.67. The Morgan fingerprint density at radius 1 is 1.33 bits per heavy atom. The Balaban J connectivity index is 2.02. The number of benzene rings is 1. The van der Waals surface area contributed by atoms with Gasteiger partial charge >= 0.3 is 0 Å². The molecule has 1 aromatic carbocycles. The van der Waals surface area contributed by atoms with Crippen LogP contribution in [0.5, 0.6) is 0 Å². The van der Waals surface area contributed by atoms with Gasteiger partial charge in [-0.05, 0) is 24.3 Å². The van der Waals surface area contributed by atoms with Gasteiger partial charge in [-0.1, -0.05) is 36.4 Å². The Bertz CT molecular complexity index is 496. The summed E-state index contributed by atoms with van der Waals surface area (Å²) < 4.78 is 25.7. The minimum Gasteiger partial charge on any atom is -0.212 e. The van der Waals surface area contributed by atoms with E-state index in [9.17, 15) is 8.42 Å². The molecule has 0 saturated carbocycles. The van der Waals surface area contributed by atoms with Crippen molar-refractivity contribution in [2.24, 2.45) is 5.92 Å². The molecule has 0 spiro atoms. The average Bonchev–Trinajstić information content (AvgIpc) is 2.63. The molecule has 2 rings (SSSR count). The molecule has 0 bridgehead atoms. The van der Waals surface area contributed by atoms with E-state index < -0.39 is 10.0 Å².